The first kappa shape index (κ1) is 23.7. The molecule has 0 bridgehead atoms. The van der Waals surface area contributed by atoms with Crippen molar-refractivity contribution in [2.24, 2.45) is 0 Å². The van der Waals surface area contributed by atoms with Gasteiger partial charge in [-0.25, -0.2) is 4.98 Å². The lowest BCUT2D eigenvalue weighted by atomic mass is 9.94. The van der Waals surface area contributed by atoms with E-state index in [1.165, 1.54) is 0 Å². The highest BCUT2D eigenvalue weighted by Gasteiger charge is 2.32. The average molecular weight is 477 g/mol. The van der Waals surface area contributed by atoms with Gasteiger partial charge in [-0.15, -0.1) is 0 Å². The van der Waals surface area contributed by atoms with Crippen LogP contribution in [0.15, 0.2) is 78.9 Å². The van der Waals surface area contributed by atoms with Gasteiger partial charge >= 0.3 is 0 Å². The summed E-state index contributed by atoms with van der Waals surface area (Å²) in [6, 6.07) is 26.7. The molecule has 1 fully saturated rings. The van der Waals surface area contributed by atoms with Crippen molar-refractivity contribution in [2.45, 2.75) is 26.3 Å². The van der Waals surface area contributed by atoms with Gasteiger partial charge in [0.2, 0.25) is 0 Å². The number of amides is 1. The molecule has 4 aromatic rings. The lowest BCUT2D eigenvalue weighted by Gasteiger charge is -2.39. The second-order valence-corrected chi connectivity index (χ2v) is 9.25. The minimum atomic E-state index is -0.360. The molecule has 3 aromatic carbocycles. The third-order valence-corrected chi connectivity index (χ3v) is 6.96. The topological polar surface area (TPSA) is 80.1 Å². The van der Waals surface area contributed by atoms with Crippen LogP contribution in [0.3, 0.4) is 0 Å². The van der Waals surface area contributed by atoms with Crippen molar-refractivity contribution in [3.05, 3.63) is 101 Å². The Labute approximate surface area is 211 Å². The number of nitriles is 1. The van der Waals surface area contributed by atoms with E-state index in [0.29, 0.717) is 53.2 Å². The standard InChI is InChI=1S/C30H28N4O2/c1-2-33(27-17-9-6-14-23(27)20-31)30(35)28-24-15-7-8-16-26(24)32-29(22-12-4-3-5-13-22)25(28)21-34(36)18-10-11-19-34/h3-9,12-17H,2,10-11,18-19,21H2,1H3. The smallest absolute Gasteiger partial charge is 0.259 e. The van der Waals surface area contributed by atoms with Gasteiger partial charge in [-0.1, -0.05) is 60.7 Å². The zero-order valence-electron chi connectivity index (χ0n) is 20.4. The number of quaternary nitrogens is 1. The first-order chi connectivity index (χ1) is 17.5. The second kappa shape index (κ2) is 9.90. The lowest BCUT2D eigenvalue weighted by Crippen LogP contribution is -2.40. The van der Waals surface area contributed by atoms with E-state index in [9.17, 15) is 15.3 Å². The van der Waals surface area contributed by atoms with Crippen LogP contribution in [0.2, 0.25) is 0 Å². The van der Waals surface area contributed by atoms with Crippen LogP contribution >= 0.6 is 0 Å². The summed E-state index contributed by atoms with van der Waals surface area (Å²) in [6.07, 6.45) is 1.76. The van der Waals surface area contributed by atoms with E-state index in [1.807, 2.05) is 67.6 Å². The molecule has 0 unspecified atom stereocenters. The Hall–Kier alpha value is -4.05. The number of pyridine rings is 1. The van der Waals surface area contributed by atoms with Gasteiger partial charge in [0, 0.05) is 35.9 Å². The Kier molecular flexibility index (Phi) is 6.51. The summed E-state index contributed by atoms with van der Waals surface area (Å²) < 4.78 is -0.360. The molecule has 1 aliphatic rings. The van der Waals surface area contributed by atoms with Crippen LogP contribution < -0.4 is 4.90 Å². The number of anilines is 1. The maximum absolute atomic E-state index is 14.4. The number of likely N-dealkylation sites (tertiary alicyclic amines) is 1. The highest BCUT2D eigenvalue weighted by molar-refractivity contribution is 6.16. The second-order valence-electron chi connectivity index (χ2n) is 9.25. The van der Waals surface area contributed by atoms with Gasteiger partial charge in [-0.3, -0.25) is 4.79 Å². The summed E-state index contributed by atoms with van der Waals surface area (Å²) in [7, 11) is 0. The van der Waals surface area contributed by atoms with E-state index in [1.54, 1.807) is 23.1 Å². The van der Waals surface area contributed by atoms with Crippen molar-refractivity contribution in [1.82, 2.24) is 4.98 Å². The van der Waals surface area contributed by atoms with E-state index in [2.05, 4.69) is 6.07 Å². The molecule has 0 N–H and O–H groups in total. The first-order valence-corrected chi connectivity index (χ1v) is 12.4. The van der Waals surface area contributed by atoms with Gasteiger partial charge in [0.05, 0.1) is 41.1 Å². The molecule has 5 rings (SSSR count). The number of fused-ring (bicyclic) bond motifs is 1. The summed E-state index contributed by atoms with van der Waals surface area (Å²) in [6.45, 7) is 3.52. The SMILES string of the molecule is CCN(C(=O)c1c(C[N+]2([O-])CCCC2)c(-c2ccccc2)nc2ccccc12)c1ccccc1C#N. The van der Waals surface area contributed by atoms with Crippen molar-refractivity contribution < 1.29 is 9.44 Å². The van der Waals surface area contributed by atoms with E-state index in [0.717, 1.165) is 23.8 Å². The first-order valence-electron chi connectivity index (χ1n) is 12.4. The monoisotopic (exact) mass is 476 g/mol. The van der Waals surface area contributed by atoms with E-state index in [-0.39, 0.29) is 17.1 Å². The molecule has 2 heterocycles. The average Bonchev–Trinajstić information content (AvgIpc) is 3.35. The maximum Gasteiger partial charge on any atom is 0.259 e. The fourth-order valence-electron chi connectivity index (χ4n) is 5.20. The quantitative estimate of drug-likeness (QED) is 0.251. The zero-order chi connectivity index (χ0) is 25.1. The van der Waals surface area contributed by atoms with Gasteiger partial charge in [0.25, 0.3) is 5.91 Å². The Morgan fingerprint density at radius 3 is 2.39 bits per heavy atom. The number of rotatable bonds is 6. The summed E-state index contributed by atoms with van der Waals surface area (Å²) in [5.41, 5.74) is 4.41. The number of hydrogen-bond acceptors (Lipinski definition) is 4. The number of carbonyl (C=O) groups is 1. The van der Waals surface area contributed by atoms with Crippen LogP contribution in [0, 0.1) is 16.5 Å². The Morgan fingerprint density at radius 1 is 1.00 bits per heavy atom. The molecule has 1 aliphatic heterocycles. The molecule has 1 amide bonds. The fourth-order valence-corrected chi connectivity index (χ4v) is 5.20. The molecule has 1 saturated heterocycles. The summed E-state index contributed by atoms with van der Waals surface area (Å²) in [5, 5.41) is 24.2. The van der Waals surface area contributed by atoms with Crippen molar-refractivity contribution in [3.63, 3.8) is 0 Å². The number of carbonyl (C=O) groups excluding carboxylic acids is 1. The predicted octanol–water partition coefficient (Wildman–Crippen LogP) is 6.05. The number of aromatic nitrogens is 1. The van der Waals surface area contributed by atoms with Crippen LogP contribution in [0.4, 0.5) is 5.69 Å². The highest BCUT2D eigenvalue weighted by atomic mass is 16.5. The minimum absolute atomic E-state index is 0.181. The van der Waals surface area contributed by atoms with Crippen LogP contribution in [0.5, 0.6) is 0 Å². The molecule has 0 spiro atoms. The molecule has 6 nitrogen and oxygen atoms in total. The van der Waals surface area contributed by atoms with Gasteiger partial charge in [0.1, 0.15) is 12.6 Å². The third-order valence-electron chi connectivity index (χ3n) is 6.96. The van der Waals surface area contributed by atoms with Crippen LogP contribution in [-0.2, 0) is 6.54 Å². The van der Waals surface area contributed by atoms with Crippen LogP contribution in [0.25, 0.3) is 22.2 Å². The molecule has 6 heteroatoms. The van der Waals surface area contributed by atoms with E-state index in [4.69, 9.17) is 4.98 Å². The molecule has 0 atom stereocenters. The zero-order valence-corrected chi connectivity index (χ0v) is 20.4. The highest BCUT2D eigenvalue weighted by Crippen LogP contribution is 2.36. The van der Waals surface area contributed by atoms with Crippen molar-refractivity contribution in [1.29, 1.82) is 5.26 Å². The van der Waals surface area contributed by atoms with Gasteiger partial charge in [0.15, 0.2) is 0 Å². The summed E-state index contributed by atoms with van der Waals surface area (Å²) >= 11 is 0. The predicted molar refractivity (Wildman–Crippen MR) is 142 cm³/mol. The van der Waals surface area contributed by atoms with Gasteiger partial charge in [-0.2, -0.15) is 5.26 Å². The largest absolute Gasteiger partial charge is 0.633 e. The van der Waals surface area contributed by atoms with Crippen molar-refractivity contribution in [2.75, 3.05) is 24.5 Å². The molecule has 36 heavy (non-hydrogen) atoms. The normalized spacial score (nSPS) is 14.5. The molecule has 0 radical (unpaired) electrons. The lowest BCUT2D eigenvalue weighted by molar-refractivity contribution is -0.881. The molecule has 1 aromatic heterocycles. The number of benzene rings is 3. The number of para-hydroxylation sites is 2. The molecule has 0 saturated carbocycles. The van der Waals surface area contributed by atoms with Crippen molar-refractivity contribution in [3.8, 4) is 17.3 Å². The number of nitrogens with zero attached hydrogens (tertiary/aromatic N) is 4. The minimum Gasteiger partial charge on any atom is -0.633 e. The number of hydrogen-bond donors (Lipinski definition) is 0. The van der Waals surface area contributed by atoms with E-state index < -0.39 is 0 Å². The van der Waals surface area contributed by atoms with Gasteiger partial charge in [-0.05, 0) is 25.1 Å². The van der Waals surface area contributed by atoms with E-state index >= 15 is 0 Å². The molecule has 0 aliphatic carbocycles. The van der Waals surface area contributed by atoms with Crippen molar-refractivity contribution >= 4 is 22.5 Å². The Balaban J connectivity index is 1.79. The fraction of sp³-hybridized carbons (Fsp3) is 0.233. The molecular weight excluding hydrogens is 448 g/mol. The maximum atomic E-state index is 14.4. The van der Waals surface area contributed by atoms with Crippen LogP contribution in [0.1, 0.15) is 41.3 Å². The van der Waals surface area contributed by atoms with Gasteiger partial charge < -0.3 is 14.8 Å². The summed E-state index contributed by atoms with van der Waals surface area (Å²) in [5.74, 6) is -0.225. The Morgan fingerprint density at radius 2 is 1.67 bits per heavy atom. The molecule has 180 valence electrons. The molecular formula is C30H28N4O2. The number of hydroxylamine groups is 3. The third kappa shape index (κ3) is 4.35. The van der Waals surface area contributed by atoms with Crippen LogP contribution in [-0.4, -0.2) is 35.2 Å². The Bertz CT molecular complexity index is 1450. The summed E-state index contributed by atoms with van der Waals surface area (Å²) in [4.78, 5) is 21.0.